The van der Waals surface area contributed by atoms with E-state index in [1.807, 2.05) is 6.92 Å². The second-order valence-electron chi connectivity index (χ2n) is 5.30. The van der Waals surface area contributed by atoms with Crippen molar-refractivity contribution in [2.75, 3.05) is 0 Å². The Morgan fingerprint density at radius 1 is 0.864 bits per heavy atom. The van der Waals surface area contributed by atoms with Crippen LogP contribution in [-0.4, -0.2) is 33.2 Å². The van der Waals surface area contributed by atoms with Crippen LogP contribution in [0.25, 0.3) is 0 Å². The molecule has 0 saturated carbocycles. The van der Waals surface area contributed by atoms with Crippen LogP contribution in [0.5, 0.6) is 0 Å². The van der Waals surface area contributed by atoms with E-state index < -0.39 is 36.2 Å². The monoisotopic (exact) mass is 308 g/mol. The molecule has 0 saturated heterocycles. The first-order valence-corrected chi connectivity index (χ1v) is 7.08. The summed E-state index contributed by atoms with van der Waals surface area (Å²) in [5.74, 6) is -4.52. The van der Waals surface area contributed by atoms with Crippen molar-refractivity contribution in [2.24, 2.45) is 11.8 Å². The van der Waals surface area contributed by atoms with E-state index in [1.54, 1.807) is 24.3 Å². The lowest BCUT2D eigenvalue weighted by atomic mass is 9.93. The minimum atomic E-state index is -1.14. The van der Waals surface area contributed by atoms with Crippen LogP contribution in [0.15, 0.2) is 24.3 Å². The largest absolute Gasteiger partial charge is 0.481 e. The fourth-order valence-electron chi connectivity index (χ4n) is 2.24. The molecular formula is C16H20O6. The van der Waals surface area contributed by atoms with Crippen molar-refractivity contribution < 1.29 is 29.7 Å². The number of aliphatic carboxylic acids is 3. The van der Waals surface area contributed by atoms with Crippen LogP contribution >= 0.6 is 0 Å². The Morgan fingerprint density at radius 3 is 1.59 bits per heavy atom. The van der Waals surface area contributed by atoms with Crippen LogP contribution in [0.2, 0.25) is 0 Å². The lowest BCUT2D eigenvalue weighted by Crippen LogP contribution is -2.20. The van der Waals surface area contributed by atoms with Gasteiger partial charge >= 0.3 is 17.9 Å². The van der Waals surface area contributed by atoms with Gasteiger partial charge in [-0.15, -0.1) is 0 Å². The average molecular weight is 308 g/mol. The Morgan fingerprint density at radius 2 is 1.27 bits per heavy atom. The van der Waals surface area contributed by atoms with Crippen molar-refractivity contribution in [3.05, 3.63) is 35.4 Å². The van der Waals surface area contributed by atoms with Crippen molar-refractivity contribution in [1.82, 2.24) is 0 Å². The second kappa shape index (κ2) is 8.17. The van der Waals surface area contributed by atoms with Gasteiger partial charge in [0.2, 0.25) is 0 Å². The Balaban J connectivity index is 2.73. The molecule has 0 spiro atoms. The molecule has 0 aliphatic heterocycles. The highest BCUT2D eigenvalue weighted by atomic mass is 16.4. The summed E-state index contributed by atoms with van der Waals surface area (Å²) in [4.78, 5) is 32.7. The zero-order valence-corrected chi connectivity index (χ0v) is 12.4. The molecule has 0 heterocycles. The predicted octanol–water partition coefficient (Wildman–Crippen LogP) is 2.06. The molecular weight excluding hydrogens is 288 g/mol. The van der Waals surface area contributed by atoms with E-state index in [0.717, 1.165) is 11.1 Å². The summed E-state index contributed by atoms with van der Waals surface area (Å²) in [6.45, 7) is 1.82. The summed E-state index contributed by atoms with van der Waals surface area (Å²) in [5.41, 5.74) is 1.59. The summed E-state index contributed by atoms with van der Waals surface area (Å²) < 4.78 is 0. The second-order valence-corrected chi connectivity index (χ2v) is 5.30. The van der Waals surface area contributed by atoms with E-state index >= 15 is 0 Å². The maximum absolute atomic E-state index is 11.0. The first kappa shape index (κ1) is 17.7. The summed E-state index contributed by atoms with van der Waals surface area (Å²) in [6.07, 6.45) is 0.673. The van der Waals surface area contributed by atoms with Gasteiger partial charge in [-0.05, 0) is 30.4 Å². The fourth-order valence-corrected chi connectivity index (χ4v) is 2.24. The summed E-state index contributed by atoms with van der Waals surface area (Å²) in [6, 6.07) is 6.98. The minimum Gasteiger partial charge on any atom is -0.481 e. The molecule has 0 radical (unpaired) electrons. The first-order valence-electron chi connectivity index (χ1n) is 7.08. The fraction of sp³-hybridized carbons (Fsp3) is 0.438. The van der Waals surface area contributed by atoms with Gasteiger partial charge in [0.15, 0.2) is 0 Å². The van der Waals surface area contributed by atoms with E-state index in [9.17, 15) is 14.4 Å². The number of carboxylic acid groups (broad SMARTS) is 3. The molecule has 0 aliphatic carbocycles. The lowest BCUT2D eigenvalue weighted by molar-refractivity contribution is -0.148. The van der Waals surface area contributed by atoms with Gasteiger partial charge in [-0.25, -0.2) is 0 Å². The SMILES string of the molecule is CCC(Cc1ccc(CC(CC(=O)O)C(=O)O)cc1)C(=O)O. The molecule has 2 unspecified atom stereocenters. The Labute approximate surface area is 128 Å². The Hall–Kier alpha value is -2.37. The van der Waals surface area contributed by atoms with Gasteiger partial charge in [0, 0.05) is 0 Å². The van der Waals surface area contributed by atoms with Crippen molar-refractivity contribution in [3.63, 3.8) is 0 Å². The number of rotatable bonds is 9. The normalized spacial score (nSPS) is 13.3. The quantitative estimate of drug-likeness (QED) is 0.643. The van der Waals surface area contributed by atoms with Crippen molar-refractivity contribution in [1.29, 1.82) is 0 Å². The van der Waals surface area contributed by atoms with E-state index in [0.29, 0.717) is 12.8 Å². The van der Waals surface area contributed by atoms with Gasteiger partial charge < -0.3 is 15.3 Å². The molecule has 0 amide bonds. The summed E-state index contributed by atoms with van der Waals surface area (Å²) >= 11 is 0. The number of hydrogen-bond donors (Lipinski definition) is 3. The molecule has 120 valence electrons. The molecule has 0 bridgehead atoms. The van der Waals surface area contributed by atoms with Gasteiger partial charge in [0.1, 0.15) is 0 Å². The Kier molecular flexibility index (Phi) is 6.56. The summed E-state index contributed by atoms with van der Waals surface area (Å²) in [7, 11) is 0. The molecule has 22 heavy (non-hydrogen) atoms. The van der Waals surface area contributed by atoms with Crippen LogP contribution in [0, 0.1) is 11.8 Å². The van der Waals surface area contributed by atoms with E-state index in [1.165, 1.54) is 0 Å². The van der Waals surface area contributed by atoms with Crippen LogP contribution in [0.1, 0.15) is 30.9 Å². The number of hydrogen-bond acceptors (Lipinski definition) is 3. The highest BCUT2D eigenvalue weighted by Gasteiger charge is 2.21. The predicted molar refractivity (Wildman–Crippen MR) is 78.6 cm³/mol. The zero-order valence-electron chi connectivity index (χ0n) is 12.4. The molecule has 0 fully saturated rings. The molecule has 6 heteroatoms. The van der Waals surface area contributed by atoms with Crippen LogP contribution in [0.4, 0.5) is 0 Å². The first-order chi connectivity index (χ1) is 10.3. The standard InChI is InChI=1S/C16H20O6/c1-2-12(15(19)20)7-10-3-5-11(6-4-10)8-13(16(21)22)9-14(17)18/h3-6,12-13H,2,7-9H2,1H3,(H,17,18)(H,19,20)(H,21,22). The van der Waals surface area contributed by atoms with Crippen molar-refractivity contribution in [3.8, 4) is 0 Å². The van der Waals surface area contributed by atoms with Crippen LogP contribution in [-0.2, 0) is 27.2 Å². The number of benzene rings is 1. The Bertz CT molecular complexity index is 534. The number of carbonyl (C=O) groups is 3. The van der Waals surface area contributed by atoms with E-state index in [-0.39, 0.29) is 6.42 Å². The smallest absolute Gasteiger partial charge is 0.307 e. The van der Waals surface area contributed by atoms with Crippen molar-refractivity contribution >= 4 is 17.9 Å². The van der Waals surface area contributed by atoms with E-state index in [2.05, 4.69) is 0 Å². The van der Waals surface area contributed by atoms with Gasteiger partial charge in [-0.3, -0.25) is 14.4 Å². The van der Waals surface area contributed by atoms with E-state index in [4.69, 9.17) is 15.3 Å². The minimum absolute atomic E-state index is 0.137. The molecule has 0 aromatic heterocycles. The third-order valence-electron chi connectivity index (χ3n) is 3.60. The van der Waals surface area contributed by atoms with Gasteiger partial charge in [0.25, 0.3) is 0 Å². The summed E-state index contributed by atoms with van der Waals surface area (Å²) in [5, 5.41) is 26.8. The third-order valence-corrected chi connectivity index (χ3v) is 3.60. The van der Waals surface area contributed by atoms with Crippen LogP contribution < -0.4 is 0 Å². The third kappa shape index (κ3) is 5.55. The highest BCUT2D eigenvalue weighted by molar-refractivity contribution is 5.78. The molecule has 2 atom stereocenters. The van der Waals surface area contributed by atoms with Gasteiger partial charge in [-0.1, -0.05) is 31.2 Å². The van der Waals surface area contributed by atoms with Crippen molar-refractivity contribution in [2.45, 2.75) is 32.6 Å². The number of carboxylic acids is 3. The maximum atomic E-state index is 11.0. The van der Waals surface area contributed by atoms with Crippen LogP contribution in [0.3, 0.4) is 0 Å². The molecule has 1 aromatic carbocycles. The molecule has 1 rings (SSSR count). The maximum Gasteiger partial charge on any atom is 0.307 e. The molecule has 0 aliphatic rings. The highest BCUT2D eigenvalue weighted by Crippen LogP contribution is 2.17. The molecule has 1 aromatic rings. The lowest BCUT2D eigenvalue weighted by Gasteiger charge is -2.12. The topological polar surface area (TPSA) is 112 Å². The molecule has 6 nitrogen and oxygen atoms in total. The van der Waals surface area contributed by atoms with Gasteiger partial charge in [0.05, 0.1) is 18.3 Å². The van der Waals surface area contributed by atoms with Gasteiger partial charge in [-0.2, -0.15) is 0 Å². The zero-order chi connectivity index (χ0) is 16.7. The average Bonchev–Trinajstić information content (AvgIpc) is 2.44. The molecule has 3 N–H and O–H groups in total.